The summed E-state index contributed by atoms with van der Waals surface area (Å²) in [7, 11) is -1.03. The van der Waals surface area contributed by atoms with Crippen LogP contribution >= 0.6 is 11.3 Å². The van der Waals surface area contributed by atoms with Gasteiger partial charge in [-0.1, -0.05) is 18.9 Å². The number of nitrogens with zero attached hydrogens (tertiary/aromatic N) is 1. The number of methoxy groups -OCH3 is 2. The smallest absolute Gasteiger partial charge is 0.307 e. The maximum absolute atomic E-state index is 13.2. The lowest BCUT2D eigenvalue weighted by atomic mass is 10.1. The van der Waals surface area contributed by atoms with Crippen LogP contribution < -0.4 is 10.1 Å². The summed E-state index contributed by atoms with van der Waals surface area (Å²) in [5.74, 6) is -0.745. The van der Waals surface area contributed by atoms with E-state index in [1.54, 1.807) is 0 Å². The van der Waals surface area contributed by atoms with E-state index in [1.165, 1.54) is 48.1 Å². The first-order valence-corrected chi connectivity index (χ1v) is 12.8. The number of benzene rings is 1. The topological polar surface area (TPSA) is 102 Å². The fourth-order valence-corrected chi connectivity index (χ4v) is 5.98. The van der Waals surface area contributed by atoms with Crippen LogP contribution in [0.3, 0.4) is 0 Å². The van der Waals surface area contributed by atoms with E-state index in [0.29, 0.717) is 13.1 Å². The van der Waals surface area contributed by atoms with Crippen LogP contribution in [0.1, 0.15) is 53.4 Å². The SMILES string of the molecule is COC(=O)CC(NC(=O)c1cc(S(=O)(=O)N2CCCCCC2)ccc1OC)c1cccs1. The molecule has 1 saturated heterocycles. The standard InChI is InChI=1S/C22H28N2O6S2/c1-29-19-10-9-16(32(27,28)24-11-5-3-4-6-12-24)14-17(19)22(26)23-18(15-21(25)30-2)20-8-7-13-31-20/h7-10,13-14,18H,3-6,11-12,15H2,1-2H3,(H,23,26). The second-order valence-electron chi connectivity index (χ2n) is 7.50. The molecule has 0 bridgehead atoms. The Bertz CT molecular complexity index is 1030. The van der Waals surface area contributed by atoms with Crippen LogP contribution in [-0.4, -0.2) is 51.9 Å². The number of hydrogen-bond donors (Lipinski definition) is 1. The zero-order valence-electron chi connectivity index (χ0n) is 18.2. The number of thiophene rings is 1. The first-order chi connectivity index (χ1) is 15.4. The molecule has 1 aromatic carbocycles. The molecule has 1 fully saturated rings. The van der Waals surface area contributed by atoms with Gasteiger partial charge >= 0.3 is 5.97 Å². The van der Waals surface area contributed by atoms with Crippen molar-refractivity contribution in [1.82, 2.24) is 9.62 Å². The van der Waals surface area contributed by atoms with Gasteiger partial charge in [-0.15, -0.1) is 11.3 Å². The van der Waals surface area contributed by atoms with E-state index in [1.807, 2.05) is 17.5 Å². The molecule has 8 nitrogen and oxygen atoms in total. The highest BCUT2D eigenvalue weighted by atomic mass is 32.2. The minimum Gasteiger partial charge on any atom is -0.496 e. The van der Waals surface area contributed by atoms with E-state index in [9.17, 15) is 18.0 Å². The van der Waals surface area contributed by atoms with Crippen LogP contribution in [0.2, 0.25) is 0 Å². The highest BCUT2D eigenvalue weighted by Gasteiger charge is 2.28. The van der Waals surface area contributed by atoms with Gasteiger partial charge in [0, 0.05) is 18.0 Å². The summed E-state index contributed by atoms with van der Waals surface area (Å²) in [6.07, 6.45) is 3.60. The third-order valence-electron chi connectivity index (χ3n) is 5.41. The largest absolute Gasteiger partial charge is 0.496 e. The van der Waals surface area contributed by atoms with E-state index in [0.717, 1.165) is 30.6 Å². The molecule has 2 heterocycles. The monoisotopic (exact) mass is 480 g/mol. The number of sulfonamides is 1. The minimum atomic E-state index is -3.74. The zero-order valence-corrected chi connectivity index (χ0v) is 19.8. The number of carbonyl (C=O) groups is 2. The van der Waals surface area contributed by atoms with Crippen molar-refractivity contribution in [1.29, 1.82) is 0 Å². The predicted molar refractivity (Wildman–Crippen MR) is 121 cm³/mol. The number of rotatable bonds is 8. The van der Waals surface area contributed by atoms with Gasteiger partial charge in [0.15, 0.2) is 0 Å². The first-order valence-electron chi connectivity index (χ1n) is 10.5. The van der Waals surface area contributed by atoms with Crippen LogP contribution in [0, 0.1) is 0 Å². The van der Waals surface area contributed by atoms with Crippen molar-refractivity contribution in [3.8, 4) is 5.75 Å². The summed E-state index contributed by atoms with van der Waals surface area (Å²) in [5.41, 5.74) is 0.0924. The van der Waals surface area contributed by atoms with Gasteiger partial charge in [-0.2, -0.15) is 4.31 Å². The third-order valence-corrected chi connectivity index (χ3v) is 8.29. The summed E-state index contributed by atoms with van der Waals surface area (Å²) in [5, 5.41) is 4.67. The molecule has 2 aromatic rings. The molecular formula is C22H28N2O6S2. The number of ether oxygens (including phenoxy) is 2. The van der Waals surface area contributed by atoms with Gasteiger partial charge < -0.3 is 14.8 Å². The molecule has 1 aliphatic rings. The highest BCUT2D eigenvalue weighted by molar-refractivity contribution is 7.89. The van der Waals surface area contributed by atoms with Crippen molar-refractivity contribution in [2.45, 2.75) is 43.0 Å². The van der Waals surface area contributed by atoms with E-state index < -0.39 is 27.9 Å². The molecule has 0 saturated carbocycles. The Morgan fingerprint density at radius 3 is 2.44 bits per heavy atom. The average Bonchev–Trinajstić information content (AvgIpc) is 3.19. The molecular weight excluding hydrogens is 452 g/mol. The molecule has 1 atom stereocenters. The zero-order chi connectivity index (χ0) is 23.1. The van der Waals surface area contributed by atoms with Crippen molar-refractivity contribution in [2.24, 2.45) is 0 Å². The summed E-state index contributed by atoms with van der Waals surface area (Å²) in [6, 6.07) is 7.33. The Hall–Kier alpha value is -2.43. The average molecular weight is 481 g/mol. The molecule has 1 N–H and O–H groups in total. The molecule has 10 heteroatoms. The van der Waals surface area contributed by atoms with Gasteiger partial charge in [-0.25, -0.2) is 8.42 Å². The van der Waals surface area contributed by atoms with E-state index in [-0.39, 0.29) is 22.6 Å². The molecule has 0 radical (unpaired) electrons. The lowest BCUT2D eigenvalue weighted by molar-refractivity contribution is -0.141. The van der Waals surface area contributed by atoms with Gasteiger partial charge in [0.2, 0.25) is 10.0 Å². The van der Waals surface area contributed by atoms with Crippen LogP contribution in [0.25, 0.3) is 0 Å². The molecule has 0 spiro atoms. The summed E-state index contributed by atoms with van der Waals surface area (Å²) in [6.45, 7) is 0.935. The first kappa shape index (κ1) is 24.2. The van der Waals surface area contributed by atoms with Gasteiger partial charge in [-0.3, -0.25) is 9.59 Å². The van der Waals surface area contributed by atoms with Crippen molar-refractivity contribution < 1.29 is 27.5 Å². The lowest BCUT2D eigenvalue weighted by Crippen LogP contribution is -2.33. The van der Waals surface area contributed by atoms with Gasteiger partial charge in [0.25, 0.3) is 5.91 Å². The predicted octanol–water partition coefficient (Wildman–Crippen LogP) is 3.36. The Kier molecular flexibility index (Phi) is 8.27. The van der Waals surface area contributed by atoms with Crippen LogP contribution in [0.5, 0.6) is 5.75 Å². The minimum absolute atomic E-state index is 0.0448. The Morgan fingerprint density at radius 1 is 1.12 bits per heavy atom. The third kappa shape index (κ3) is 5.67. The second kappa shape index (κ2) is 10.9. The number of amides is 1. The number of nitrogens with one attached hydrogen (secondary N) is 1. The Labute approximate surface area is 192 Å². The normalized spacial score (nSPS) is 16.1. The fraction of sp³-hybridized carbons (Fsp3) is 0.455. The van der Waals surface area contributed by atoms with E-state index in [4.69, 9.17) is 9.47 Å². The van der Waals surface area contributed by atoms with E-state index >= 15 is 0 Å². The van der Waals surface area contributed by atoms with Crippen molar-refractivity contribution >= 4 is 33.2 Å². The number of hydrogen-bond acceptors (Lipinski definition) is 7. The number of carbonyl (C=O) groups excluding carboxylic acids is 2. The highest BCUT2D eigenvalue weighted by Crippen LogP contribution is 2.28. The molecule has 1 aliphatic heterocycles. The molecule has 1 amide bonds. The summed E-state index contributed by atoms with van der Waals surface area (Å²) >= 11 is 1.40. The molecule has 174 valence electrons. The van der Waals surface area contributed by atoms with Gasteiger partial charge in [0.05, 0.1) is 37.1 Å². The summed E-state index contributed by atoms with van der Waals surface area (Å²) < 4.78 is 38.0. The fourth-order valence-electron chi connectivity index (χ4n) is 3.65. The van der Waals surface area contributed by atoms with Crippen LogP contribution in [0.4, 0.5) is 0 Å². The summed E-state index contributed by atoms with van der Waals surface area (Å²) in [4.78, 5) is 25.9. The van der Waals surface area contributed by atoms with Gasteiger partial charge in [0.1, 0.15) is 5.75 Å². The Balaban J connectivity index is 1.90. The van der Waals surface area contributed by atoms with Crippen LogP contribution in [0.15, 0.2) is 40.6 Å². The van der Waals surface area contributed by atoms with Crippen LogP contribution in [-0.2, 0) is 19.6 Å². The maximum atomic E-state index is 13.2. The second-order valence-corrected chi connectivity index (χ2v) is 10.4. The van der Waals surface area contributed by atoms with E-state index in [2.05, 4.69) is 5.32 Å². The molecule has 3 rings (SSSR count). The molecule has 1 unspecified atom stereocenters. The van der Waals surface area contributed by atoms with Gasteiger partial charge in [-0.05, 0) is 42.5 Å². The van der Waals surface area contributed by atoms with Crippen molar-refractivity contribution in [3.63, 3.8) is 0 Å². The quantitative estimate of drug-likeness (QED) is 0.582. The lowest BCUT2D eigenvalue weighted by Gasteiger charge is -2.21. The molecule has 32 heavy (non-hydrogen) atoms. The molecule has 0 aliphatic carbocycles. The number of esters is 1. The van der Waals surface area contributed by atoms with Crippen molar-refractivity contribution in [3.05, 3.63) is 46.2 Å². The van der Waals surface area contributed by atoms with Crippen molar-refractivity contribution in [2.75, 3.05) is 27.3 Å². The Morgan fingerprint density at radius 2 is 1.84 bits per heavy atom. The maximum Gasteiger partial charge on any atom is 0.307 e. The molecule has 1 aromatic heterocycles.